The Balaban J connectivity index is 2.95. The number of phenolic OH excluding ortho intramolecular Hbond substituents is 1. The fraction of sp³-hybridized carbons (Fsp3) is 0.286. The highest BCUT2D eigenvalue weighted by Gasteiger charge is 2.08. The third-order valence-electron chi connectivity index (χ3n) is 2.41. The Bertz CT molecular complexity index is 530. The zero-order valence-electron chi connectivity index (χ0n) is 10.9. The summed E-state index contributed by atoms with van der Waals surface area (Å²) >= 11 is 0. The van der Waals surface area contributed by atoms with E-state index in [4.69, 9.17) is 10.00 Å². The second kappa shape index (κ2) is 7.07. The number of rotatable bonds is 5. The first kappa shape index (κ1) is 14.6. The number of carbonyl (C=O) groups excluding carboxylic acids is 1. The summed E-state index contributed by atoms with van der Waals surface area (Å²) in [5.74, 6) is -0.117. The molecule has 5 heteroatoms. The first-order chi connectivity index (χ1) is 9.12. The van der Waals surface area contributed by atoms with E-state index in [1.807, 2.05) is 13.0 Å². The maximum absolute atomic E-state index is 11.7. The summed E-state index contributed by atoms with van der Waals surface area (Å²) in [7, 11) is 1.45. The molecule has 0 fully saturated rings. The predicted molar refractivity (Wildman–Crippen MR) is 71.5 cm³/mol. The SMILES string of the molecule is CCCNC(=O)/C(C#N)=C/c1ccc(OC)c(O)c1. The van der Waals surface area contributed by atoms with E-state index < -0.39 is 5.91 Å². The van der Waals surface area contributed by atoms with Crippen LogP contribution < -0.4 is 10.1 Å². The summed E-state index contributed by atoms with van der Waals surface area (Å²) in [4.78, 5) is 11.7. The fourth-order valence-corrected chi connectivity index (χ4v) is 1.45. The van der Waals surface area contributed by atoms with Crippen molar-refractivity contribution in [1.29, 1.82) is 5.26 Å². The van der Waals surface area contributed by atoms with Gasteiger partial charge in [-0.1, -0.05) is 13.0 Å². The van der Waals surface area contributed by atoms with Crippen LogP contribution in [-0.4, -0.2) is 24.7 Å². The molecule has 1 amide bonds. The highest BCUT2D eigenvalue weighted by atomic mass is 16.5. The van der Waals surface area contributed by atoms with E-state index in [0.717, 1.165) is 6.42 Å². The van der Waals surface area contributed by atoms with Crippen LogP contribution in [0, 0.1) is 11.3 Å². The number of carbonyl (C=O) groups is 1. The average molecular weight is 260 g/mol. The van der Waals surface area contributed by atoms with Crippen molar-refractivity contribution in [3.8, 4) is 17.6 Å². The lowest BCUT2D eigenvalue weighted by Crippen LogP contribution is -2.25. The molecule has 0 aliphatic carbocycles. The first-order valence-electron chi connectivity index (χ1n) is 5.89. The lowest BCUT2D eigenvalue weighted by Gasteiger charge is -2.04. The zero-order chi connectivity index (χ0) is 14.3. The van der Waals surface area contributed by atoms with Crippen molar-refractivity contribution in [2.45, 2.75) is 13.3 Å². The molecular formula is C14H16N2O3. The Morgan fingerprint density at radius 3 is 2.84 bits per heavy atom. The van der Waals surface area contributed by atoms with Crippen LogP contribution in [0.25, 0.3) is 6.08 Å². The summed E-state index contributed by atoms with van der Waals surface area (Å²) in [6.45, 7) is 2.45. The largest absolute Gasteiger partial charge is 0.504 e. The molecular weight excluding hydrogens is 244 g/mol. The van der Waals surface area contributed by atoms with Crippen molar-refractivity contribution in [2.24, 2.45) is 0 Å². The Hall–Kier alpha value is -2.48. The standard InChI is InChI=1S/C14H16N2O3/c1-3-6-16-14(18)11(9-15)7-10-4-5-13(19-2)12(17)8-10/h4-5,7-8,17H,3,6H2,1-2H3,(H,16,18)/b11-7+. The summed E-state index contributed by atoms with van der Waals surface area (Å²) in [5.41, 5.74) is 0.555. The van der Waals surface area contributed by atoms with Gasteiger partial charge in [-0.25, -0.2) is 0 Å². The number of amides is 1. The number of nitriles is 1. The van der Waals surface area contributed by atoms with Gasteiger partial charge in [0.05, 0.1) is 7.11 Å². The number of ether oxygens (including phenoxy) is 1. The molecule has 19 heavy (non-hydrogen) atoms. The number of hydrogen-bond acceptors (Lipinski definition) is 4. The molecule has 0 aliphatic heterocycles. The average Bonchev–Trinajstić information content (AvgIpc) is 2.42. The van der Waals surface area contributed by atoms with Crippen molar-refractivity contribution >= 4 is 12.0 Å². The highest BCUT2D eigenvalue weighted by Crippen LogP contribution is 2.27. The third kappa shape index (κ3) is 4.03. The van der Waals surface area contributed by atoms with Crippen molar-refractivity contribution in [3.63, 3.8) is 0 Å². The minimum Gasteiger partial charge on any atom is -0.504 e. The van der Waals surface area contributed by atoms with E-state index in [2.05, 4.69) is 5.32 Å². The predicted octanol–water partition coefficient (Wildman–Crippen LogP) is 1.83. The molecule has 0 unspecified atom stereocenters. The molecule has 0 spiro atoms. The van der Waals surface area contributed by atoms with Gasteiger partial charge in [0, 0.05) is 6.54 Å². The van der Waals surface area contributed by atoms with Crippen LogP contribution in [-0.2, 0) is 4.79 Å². The van der Waals surface area contributed by atoms with Gasteiger partial charge in [0.1, 0.15) is 11.6 Å². The minimum atomic E-state index is -0.417. The van der Waals surface area contributed by atoms with Crippen molar-refractivity contribution in [1.82, 2.24) is 5.32 Å². The van der Waals surface area contributed by atoms with Gasteiger partial charge in [-0.15, -0.1) is 0 Å². The summed E-state index contributed by atoms with van der Waals surface area (Å²) in [5, 5.41) is 21.2. The van der Waals surface area contributed by atoms with E-state index >= 15 is 0 Å². The van der Waals surface area contributed by atoms with Crippen LogP contribution in [0.15, 0.2) is 23.8 Å². The summed E-state index contributed by atoms with van der Waals surface area (Å²) < 4.78 is 4.92. The zero-order valence-corrected chi connectivity index (χ0v) is 10.9. The molecule has 0 heterocycles. The molecule has 2 N–H and O–H groups in total. The van der Waals surface area contributed by atoms with Crippen molar-refractivity contribution in [2.75, 3.05) is 13.7 Å². The number of phenols is 1. The number of benzene rings is 1. The minimum absolute atomic E-state index is 0.00184. The van der Waals surface area contributed by atoms with E-state index in [1.54, 1.807) is 12.1 Å². The van der Waals surface area contributed by atoms with E-state index in [1.165, 1.54) is 19.3 Å². The topological polar surface area (TPSA) is 82.4 Å². The molecule has 0 bridgehead atoms. The van der Waals surface area contributed by atoms with E-state index in [0.29, 0.717) is 17.9 Å². The molecule has 1 aromatic rings. The quantitative estimate of drug-likeness (QED) is 0.625. The lowest BCUT2D eigenvalue weighted by atomic mass is 10.1. The number of nitrogens with one attached hydrogen (secondary N) is 1. The van der Waals surface area contributed by atoms with Crippen LogP contribution in [0.1, 0.15) is 18.9 Å². The van der Waals surface area contributed by atoms with Crippen LogP contribution in [0.5, 0.6) is 11.5 Å². The number of aromatic hydroxyl groups is 1. The van der Waals surface area contributed by atoms with Gasteiger partial charge >= 0.3 is 0 Å². The normalized spacial score (nSPS) is 10.7. The molecule has 0 aromatic heterocycles. The van der Waals surface area contributed by atoms with E-state index in [9.17, 15) is 9.90 Å². The molecule has 0 radical (unpaired) electrons. The lowest BCUT2D eigenvalue weighted by molar-refractivity contribution is -0.117. The number of nitrogens with zero attached hydrogens (tertiary/aromatic N) is 1. The molecule has 1 rings (SSSR count). The smallest absolute Gasteiger partial charge is 0.261 e. The van der Waals surface area contributed by atoms with Gasteiger partial charge in [0.2, 0.25) is 0 Å². The molecule has 1 aromatic carbocycles. The third-order valence-corrected chi connectivity index (χ3v) is 2.41. The van der Waals surface area contributed by atoms with Crippen molar-refractivity contribution in [3.05, 3.63) is 29.3 Å². The monoisotopic (exact) mass is 260 g/mol. The van der Waals surface area contributed by atoms with Gasteiger partial charge in [-0.3, -0.25) is 4.79 Å². The molecule has 5 nitrogen and oxygen atoms in total. The Morgan fingerprint density at radius 2 is 2.32 bits per heavy atom. The van der Waals surface area contributed by atoms with Crippen LogP contribution >= 0.6 is 0 Å². The molecule has 0 saturated carbocycles. The molecule has 0 atom stereocenters. The van der Waals surface area contributed by atoms with Crippen LogP contribution in [0.2, 0.25) is 0 Å². The molecule has 0 aliphatic rings. The van der Waals surface area contributed by atoms with Gasteiger partial charge in [-0.2, -0.15) is 5.26 Å². The molecule has 100 valence electrons. The van der Waals surface area contributed by atoms with Gasteiger partial charge < -0.3 is 15.2 Å². The van der Waals surface area contributed by atoms with Gasteiger partial charge in [-0.05, 0) is 30.2 Å². The van der Waals surface area contributed by atoms with Crippen LogP contribution in [0.3, 0.4) is 0 Å². The second-order valence-electron chi connectivity index (χ2n) is 3.86. The summed E-state index contributed by atoms with van der Waals surface area (Å²) in [6.07, 6.45) is 2.22. The molecule has 0 saturated heterocycles. The van der Waals surface area contributed by atoms with Gasteiger partial charge in [0.15, 0.2) is 11.5 Å². The van der Waals surface area contributed by atoms with E-state index in [-0.39, 0.29) is 11.3 Å². The Kier molecular flexibility index (Phi) is 5.42. The Labute approximate surface area is 112 Å². The summed E-state index contributed by atoms with van der Waals surface area (Å²) in [6, 6.07) is 6.50. The van der Waals surface area contributed by atoms with Gasteiger partial charge in [0.25, 0.3) is 5.91 Å². The fourth-order valence-electron chi connectivity index (χ4n) is 1.45. The number of methoxy groups -OCH3 is 1. The second-order valence-corrected chi connectivity index (χ2v) is 3.86. The highest BCUT2D eigenvalue weighted by molar-refractivity contribution is 6.01. The van der Waals surface area contributed by atoms with Crippen LogP contribution in [0.4, 0.5) is 0 Å². The Morgan fingerprint density at radius 1 is 1.58 bits per heavy atom. The first-order valence-corrected chi connectivity index (χ1v) is 5.89. The number of hydrogen-bond donors (Lipinski definition) is 2. The van der Waals surface area contributed by atoms with Crippen molar-refractivity contribution < 1.29 is 14.6 Å². The maximum atomic E-state index is 11.7. The maximum Gasteiger partial charge on any atom is 0.261 e.